The van der Waals surface area contributed by atoms with Gasteiger partial charge in [0.15, 0.2) is 0 Å². The average Bonchev–Trinajstić information content (AvgIpc) is 2.53. The van der Waals surface area contributed by atoms with Crippen molar-refractivity contribution in [3.8, 4) is 0 Å². The molecule has 1 aromatic carbocycles. The van der Waals surface area contributed by atoms with Crippen molar-refractivity contribution in [3.05, 3.63) is 24.3 Å². The Kier molecular flexibility index (Phi) is 9.06. The fourth-order valence-electron chi connectivity index (χ4n) is 2.29. The van der Waals surface area contributed by atoms with Crippen molar-refractivity contribution in [1.29, 1.82) is 0 Å². The Bertz CT molecular complexity index is 528. The Hall–Kier alpha value is -1.24. The minimum Gasteiger partial charge on any atom is -0.355 e. The Balaban J connectivity index is 0.00000264. The van der Waals surface area contributed by atoms with Crippen molar-refractivity contribution in [1.82, 2.24) is 10.6 Å². The van der Waals surface area contributed by atoms with E-state index in [1.165, 1.54) is 0 Å². The van der Waals surface area contributed by atoms with Gasteiger partial charge in [0, 0.05) is 31.0 Å². The molecule has 0 unspecified atom stereocenters. The number of rotatable bonds is 8. The molecule has 1 aliphatic rings. The van der Waals surface area contributed by atoms with E-state index in [2.05, 4.69) is 17.6 Å². The molecule has 2 rings (SSSR count). The molecule has 1 aliphatic heterocycles. The summed E-state index contributed by atoms with van der Waals surface area (Å²) in [5, 5.41) is 6.11. The Morgan fingerprint density at radius 2 is 2.04 bits per heavy atom. The summed E-state index contributed by atoms with van der Waals surface area (Å²) < 4.78 is 0. The predicted octanol–water partition coefficient (Wildman–Crippen LogP) is 2.05. The molecule has 1 aromatic rings. The smallest absolute Gasteiger partial charge is 0.237 e. The van der Waals surface area contributed by atoms with Crippen LogP contribution in [-0.4, -0.2) is 43.7 Å². The van der Waals surface area contributed by atoms with E-state index in [4.69, 9.17) is 0 Å². The minimum atomic E-state index is -0.0122. The van der Waals surface area contributed by atoms with Gasteiger partial charge in [-0.05, 0) is 25.1 Å². The number of anilines is 1. The third-order valence-electron chi connectivity index (χ3n) is 3.42. The molecule has 0 bridgehead atoms. The Labute approximate surface area is 148 Å². The van der Waals surface area contributed by atoms with Gasteiger partial charge in [-0.3, -0.25) is 9.59 Å². The summed E-state index contributed by atoms with van der Waals surface area (Å²) in [4.78, 5) is 26.7. The maximum absolute atomic E-state index is 12.1. The van der Waals surface area contributed by atoms with E-state index in [9.17, 15) is 9.59 Å². The molecule has 5 nitrogen and oxygen atoms in total. The lowest BCUT2D eigenvalue weighted by Crippen LogP contribution is -2.39. The molecule has 0 saturated carbocycles. The van der Waals surface area contributed by atoms with Crippen LogP contribution < -0.4 is 15.5 Å². The number of hydrogen-bond acceptors (Lipinski definition) is 4. The molecule has 1 heterocycles. The standard InChI is InChI=1S/C16H23N3O2S.ClH/c1-2-8-17-9-10-18-15(20)7-11-19-13-5-3-4-6-14(13)22-12-16(19)21;/h3-6,17H,2,7-12H2,1H3,(H,18,20);1H. The normalized spacial score (nSPS) is 13.3. The number of fused-ring (bicyclic) bond motifs is 1. The number of carbonyl (C=O) groups excluding carboxylic acids is 2. The van der Waals surface area contributed by atoms with Crippen molar-refractivity contribution in [2.45, 2.75) is 24.7 Å². The summed E-state index contributed by atoms with van der Waals surface area (Å²) in [6, 6.07) is 7.84. The topological polar surface area (TPSA) is 61.4 Å². The number of nitrogens with one attached hydrogen (secondary N) is 2. The number of thioether (sulfide) groups is 1. The predicted molar refractivity (Wildman–Crippen MR) is 97.6 cm³/mol. The van der Waals surface area contributed by atoms with Gasteiger partial charge in [0.25, 0.3) is 0 Å². The van der Waals surface area contributed by atoms with Crippen molar-refractivity contribution in [2.75, 3.05) is 36.8 Å². The number of halogens is 1. The van der Waals surface area contributed by atoms with E-state index < -0.39 is 0 Å². The minimum absolute atomic E-state index is 0. The first-order valence-electron chi connectivity index (χ1n) is 7.72. The zero-order valence-electron chi connectivity index (χ0n) is 13.3. The van der Waals surface area contributed by atoms with Crippen LogP contribution in [0.25, 0.3) is 0 Å². The maximum Gasteiger partial charge on any atom is 0.237 e. The summed E-state index contributed by atoms with van der Waals surface area (Å²) in [7, 11) is 0. The summed E-state index contributed by atoms with van der Waals surface area (Å²) in [5.41, 5.74) is 0.918. The molecular formula is C16H24ClN3O2S. The molecule has 128 valence electrons. The van der Waals surface area contributed by atoms with E-state index >= 15 is 0 Å². The van der Waals surface area contributed by atoms with E-state index in [0.717, 1.165) is 30.1 Å². The van der Waals surface area contributed by atoms with Crippen molar-refractivity contribution < 1.29 is 9.59 Å². The third kappa shape index (κ3) is 6.05. The van der Waals surface area contributed by atoms with Crippen LogP contribution >= 0.6 is 24.2 Å². The summed E-state index contributed by atoms with van der Waals surface area (Å²) in [5.74, 6) is 0.502. The zero-order chi connectivity index (χ0) is 15.8. The third-order valence-corrected chi connectivity index (χ3v) is 4.47. The van der Waals surface area contributed by atoms with Crippen LogP contribution in [0.4, 0.5) is 5.69 Å². The molecule has 0 spiro atoms. The number of benzene rings is 1. The quantitative estimate of drug-likeness (QED) is 0.699. The van der Waals surface area contributed by atoms with Gasteiger partial charge in [-0.1, -0.05) is 19.1 Å². The molecule has 0 atom stereocenters. The second-order valence-corrected chi connectivity index (χ2v) is 6.17. The molecule has 23 heavy (non-hydrogen) atoms. The lowest BCUT2D eigenvalue weighted by atomic mass is 10.2. The maximum atomic E-state index is 12.1. The van der Waals surface area contributed by atoms with Crippen LogP contribution in [0, 0.1) is 0 Å². The van der Waals surface area contributed by atoms with Gasteiger partial charge >= 0.3 is 0 Å². The number of amides is 2. The first-order valence-corrected chi connectivity index (χ1v) is 8.70. The molecule has 7 heteroatoms. The number of hydrogen-bond donors (Lipinski definition) is 2. The molecule has 0 aromatic heterocycles. The SMILES string of the molecule is CCCNCCNC(=O)CCN1C(=O)CSc2ccccc21.Cl. The highest BCUT2D eigenvalue weighted by Gasteiger charge is 2.24. The highest BCUT2D eigenvalue weighted by atomic mass is 35.5. The molecule has 0 radical (unpaired) electrons. The highest BCUT2D eigenvalue weighted by Crippen LogP contribution is 2.34. The van der Waals surface area contributed by atoms with E-state index in [1.807, 2.05) is 24.3 Å². The van der Waals surface area contributed by atoms with Crippen LogP contribution in [0.1, 0.15) is 19.8 Å². The summed E-state index contributed by atoms with van der Waals surface area (Å²) in [6.45, 7) is 4.91. The van der Waals surface area contributed by atoms with Crippen molar-refractivity contribution in [3.63, 3.8) is 0 Å². The first-order chi connectivity index (χ1) is 10.7. The van der Waals surface area contributed by atoms with Crippen LogP contribution in [0.3, 0.4) is 0 Å². The van der Waals surface area contributed by atoms with Gasteiger partial charge < -0.3 is 15.5 Å². The second-order valence-electron chi connectivity index (χ2n) is 5.15. The van der Waals surface area contributed by atoms with Gasteiger partial charge in [-0.2, -0.15) is 0 Å². The second kappa shape index (κ2) is 10.5. The molecule has 2 amide bonds. The summed E-state index contributed by atoms with van der Waals surface area (Å²) >= 11 is 1.56. The molecule has 0 aliphatic carbocycles. The van der Waals surface area contributed by atoms with Gasteiger partial charge in [0.1, 0.15) is 0 Å². The molecule has 0 saturated heterocycles. The van der Waals surface area contributed by atoms with Crippen molar-refractivity contribution >= 4 is 41.7 Å². The fourth-order valence-corrected chi connectivity index (χ4v) is 3.23. The van der Waals surface area contributed by atoms with E-state index in [0.29, 0.717) is 25.3 Å². The lowest BCUT2D eigenvalue weighted by molar-refractivity contribution is -0.121. The van der Waals surface area contributed by atoms with Crippen LogP contribution in [-0.2, 0) is 9.59 Å². The van der Waals surface area contributed by atoms with E-state index in [1.54, 1.807) is 16.7 Å². The average molecular weight is 358 g/mol. The highest BCUT2D eigenvalue weighted by molar-refractivity contribution is 8.00. The number of nitrogens with zero attached hydrogens (tertiary/aromatic N) is 1. The number of carbonyl (C=O) groups is 2. The van der Waals surface area contributed by atoms with Crippen LogP contribution in [0.5, 0.6) is 0 Å². The van der Waals surface area contributed by atoms with Gasteiger partial charge in [-0.15, -0.1) is 24.2 Å². The molecule has 2 N–H and O–H groups in total. The van der Waals surface area contributed by atoms with Crippen molar-refractivity contribution in [2.24, 2.45) is 0 Å². The molecular weight excluding hydrogens is 334 g/mol. The van der Waals surface area contributed by atoms with Gasteiger partial charge in [0.05, 0.1) is 11.4 Å². The van der Waals surface area contributed by atoms with Gasteiger partial charge in [0.2, 0.25) is 11.8 Å². The number of para-hydroxylation sites is 1. The zero-order valence-corrected chi connectivity index (χ0v) is 15.0. The van der Waals surface area contributed by atoms with Gasteiger partial charge in [-0.25, -0.2) is 0 Å². The summed E-state index contributed by atoms with van der Waals surface area (Å²) in [6.07, 6.45) is 1.42. The van der Waals surface area contributed by atoms with Crippen LogP contribution in [0.15, 0.2) is 29.2 Å². The Morgan fingerprint density at radius 3 is 2.83 bits per heavy atom. The molecule has 0 fully saturated rings. The lowest BCUT2D eigenvalue weighted by Gasteiger charge is -2.28. The van der Waals surface area contributed by atoms with Crippen LogP contribution in [0.2, 0.25) is 0 Å². The monoisotopic (exact) mass is 357 g/mol. The fraction of sp³-hybridized carbons (Fsp3) is 0.500. The largest absolute Gasteiger partial charge is 0.355 e. The Morgan fingerprint density at radius 1 is 1.26 bits per heavy atom. The van der Waals surface area contributed by atoms with E-state index in [-0.39, 0.29) is 24.2 Å². The first kappa shape index (κ1) is 19.8.